The maximum absolute atomic E-state index is 14.4. The van der Waals surface area contributed by atoms with Gasteiger partial charge in [0.15, 0.2) is 0 Å². The van der Waals surface area contributed by atoms with E-state index >= 15 is 0 Å². The van der Waals surface area contributed by atoms with Crippen LogP contribution in [0.25, 0.3) is 0 Å². The Kier molecular flexibility index (Phi) is 12.2. The molecule has 0 spiro atoms. The Morgan fingerprint density at radius 1 is 0.941 bits per heavy atom. The molecule has 0 bridgehead atoms. The highest BCUT2D eigenvalue weighted by Gasteiger charge is 2.48. The molecule has 3 heterocycles. The molecule has 2 saturated heterocycles. The van der Waals surface area contributed by atoms with E-state index in [2.05, 4.69) is 63.6 Å². The normalized spacial score (nSPS) is 20.8. The second-order valence-electron chi connectivity index (χ2n) is 13.9. The van der Waals surface area contributed by atoms with E-state index in [1.54, 1.807) is 26.0 Å². The van der Waals surface area contributed by atoms with Crippen molar-refractivity contribution in [1.29, 1.82) is 0 Å². The monoisotopic (exact) mass is 736 g/mol. The summed E-state index contributed by atoms with van der Waals surface area (Å²) >= 11 is 0. The molecule has 0 saturated carbocycles. The van der Waals surface area contributed by atoms with Crippen molar-refractivity contribution in [2.45, 2.75) is 39.7 Å². The van der Waals surface area contributed by atoms with Gasteiger partial charge in [-0.25, -0.2) is 4.79 Å². The van der Waals surface area contributed by atoms with Crippen LogP contribution in [0.3, 0.4) is 0 Å². The number of hydrogen-bond donors (Lipinski definition) is 1. The Hall–Kier alpha value is -3.83. The number of dihydropyridines is 1. The minimum Gasteiger partial charge on any atom is -0.461 e. The van der Waals surface area contributed by atoms with Gasteiger partial charge in [-0.2, -0.15) is 0 Å². The van der Waals surface area contributed by atoms with Crippen LogP contribution in [0.1, 0.15) is 56.3 Å². The predicted octanol–water partition coefficient (Wildman–Crippen LogP) is 7.43. The van der Waals surface area contributed by atoms with Gasteiger partial charge in [-0.05, 0) is 30.5 Å². The van der Waals surface area contributed by atoms with E-state index in [1.165, 1.54) is 23.3 Å². The van der Waals surface area contributed by atoms with Crippen molar-refractivity contribution < 1.29 is 28.1 Å². The van der Waals surface area contributed by atoms with Crippen molar-refractivity contribution in [3.8, 4) is 0 Å². The standard InChI is InChI=1S/C38H45N4O7P.ClH/c1-27-33(34(31-16-11-17-32(24-31)42(44)45)36(28(2)39-27)50(46)48-25-38(3,4)26-49-50)37(43)47-23-22-40-18-20-41(21-19-40)35(29-12-7-5-8-13-29)30-14-9-6-10-15-30;/h5-17,24,34-35,39H,18-23,25-26H2,1-4H3;1H. The molecule has 0 aliphatic carbocycles. The summed E-state index contributed by atoms with van der Waals surface area (Å²) in [4.78, 5) is 30.0. The lowest BCUT2D eigenvalue weighted by Gasteiger charge is -2.40. The first kappa shape index (κ1) is 38.4. The molecule has 6 rings (SSSR count). The Morgan fingerprint density at radius 2 is 1.53 bits per heavy atom. The lowest BCUT2D eigenvalue weighted by Crippen LogP contribution is -2.48. The highest BCUT2D eigenvalue weighted by molar-refractivity contribution is 7.58. The molecule has 11 nitrogen and oxygen atoms in total. The second-order valence-corrected chi connectivity index (χ2v) is 15.9. The average molecular weight is 737 g/mol. The Labute approximate surface area is 305 Å². The molecule has 3 aliphatic rings. The molecule has 1 atom stereocenters. The minimum absolute atomic E-state index is 0. The maximum atomic E-state index is 14.4. The van der Waals surface area contributed by atoms with Crippen molar-refractivity contribution >= 4 is 31.7 Å². The van der Waals surface area contributed by atoms with Gasteiger partial charge in [0.2, 0.25) is 0 Å². The van der Waals surface area contributed by atoms with Crippen LogP contribution in [0.4, 0.5) is 5.69 Å². The molecule has 3 aromatic rings. The zero-order valence-corrected chi connectivity index (χ0v) is 31.2. The molecule has 2 fully saturated rings. The summed E-state index contributed by atoms with van der Waals surface area (Å²) in [6.45, 7) is 11.8. The topological polar surface area (TPSA) is 123 Å². The average Bonchev–Trinajstić information content (AvgIpc) is 3.11. The Bertz CT molecular complexity index is 1770. The van der Waals surface area contributed by atoms with E-state index < -0.39 is 24.4 Å². The van der Waals surface area contributed by atoms with Gasteiger partial charge in [0.05, 0.1) is 41.0 Å². The van der Waals surface area contributed by atoms with Crippen LogP contribution >= 0.6 is 20.0 Å². The van der Waals surface area contributed by atoms with Crippen molar-refractivity contribution in [1.82, 2.24) is 15.1 Å². The van der Waals surface area contributed by atoms with Crippen LogP contribution in [0.2, 0.25) is 0 Å². The van der Waals surface area contributed by atoms with E-state index in [1.807, 2.05) is 26.0 Å². The summed E-state index contributed by atoms with van der Waals surface area (Å²) in [6, 6.07) is 27.3. The number of non-ortho nitro benzene ring substituents is 1. The number of nitro groups is 1. The number of carbonyl (C=O) groups is 1. The number of allylic oxidation sites excluding steroid dienone is 3. The first-order chi connectivity index (χ1) is 24.0. The van der Waals surface area contributed by atoms with Crippen LogP contribution < -0.4 is 5.32 Å². The second kappa shape index (κ2) is 16.2. The SMILES string of the molecule is CC1=C(C(=O)OCCN2CCN(C(c3ccccc3)c3ccccc3)CC2)C(c2cccc([N+](=O)[O-])c2)C(P2(=O)OCC(C)(C)CO2)=C(C)N1.Cl. The molecule has 1 N–H and O–H groups in total. The molecule has 1 unspecified atom stereocenters. The summed E-state index contributed by atoms with van der Waals surface area (Å²) < 4.78 is 32.2. The highest BCUT2D eigenvalue weighted by atomic mass is 35.5. The predicted molar refractivity (Wildman–Crippen MR) is 199 cm³/mol. The van der Waals surface area contributed by atoms with E-state index in [9.17, 15) is 19.5 Å². The molecule has 0 aromatic heterocycles. The summed E-state index contributed by atoms with van der Waals surface area (Å²) in [7, 11) is -3.90. The summed E-state index contributed by atoms with van der Waals surface area (Å²) in [6.07, 6.45) is 0. The largest absolute Gasteiger partial charge is 0.461 e. The van der Waals surface area contributed by atoms with Gasteiger partial charge < -0.3 is 19.1 Å². The maximum Gasteiger partial charge on any atom is 0.360 e. The molecule has 0 amide bonds. The van der Waals surface area contributed by atoms with Gasteiger partial charge >= 0.3 is 13.6 Å². The molecule has 0 radical (unpaired) electrons. The van der Waals surface area contributed by atoms with Crippen LogP contribution in [0, 0.1) is 15.5 Å². The smallest absolute Gasteiger partial charge is 0.360 e. The first-order valence-electron chi connectivity index (χ1n) is 17.0. The number of nitrogens with zero attached hydrogens (tertiary/aromatic N) is 3. The van der Waals surface area contributed by atoms with Gasteiger partial charge in [0.1, 0.15) is 6.61 Å². The fourth-order valence-corrected chi connectivity index (χ4v) is 9.42. The number of piperazine rings is 1. The number of nitrogens with one attached hydrogen (secondary N) is 1. The van der Waals surface area contributed by atoms with Crippen molar-refractivity contribution in [3.05, 3.63) is 134 Å². The quantitative estimate of drug-likeness (QED) is 0.0973. The third-order valence-electron chi connectivity index (χ3n) is 9.55. The van der Waals surface area contributed by atoms with Crippen LogP contribution in [-0.4, -0.2) is 73.2 Å². The van der Waals surface area contributed by atoms with Gasteiger partial charge in [-0.1, -0.05) is 86.6 Å². The van der Waals surface area contributed by atoms with Crippen LogP contribution in [0.5, 0.6) is 0 Å². The van der Waals surface area contributed by atoms with Crippen LogP contribution in [-0.2, 0) is 23.1 Å². The lowest BCUT2D eigenvalue weighted by molar-refractivity contribution is -0.384. The zero-order valence-electron chi connectivity index (χ0n) is 29.4. The molecule has 3 aliphatic heterocycles. The summed E-state index contributed by atoms with van der Waals surface area (Å²) in [5.74, 6) is -1.53. The number of nitro benzene ring substituents is 1. The first-order valence-corrected chi connectivity index (χ1v) is 18.6. The van der Waals surface area contributed by atoms with E-state index in [4.69, 9.17) is 13.8 Å². The molecular formula is C38H46ClN4O7P. The van der Waals surface area contributed by atoms with Crippen molar-refractivity contribution in [2.24, 2.45) is 5.41 Å². The summed E-state index contributed by atoms with van der Waals surface area (Å²) in [5, 5.41) is 15.2. The number of esters is 1. The number of carbonyl (C=O) groups excluding carboxylic acids is 1. The number of hydrogen-bond acceptors (Lipinski definition) is 10. The molecule has 272 valence electrons. The molecular weight excluding hydrogens is 691 g/mol. The van der Waals surface area contributed by atoms with E-state index in [-0.39, 0.29) is 60.3 Å². The number of ether oxygens (including phenoxy) is 1. The molecule has 51 heavy (non-hydrogen) atoms. The van der Waals surface area contributed by atoms with Gasteiger partial charge in [-0.15, -0.1) is 12.4 Å². The fourth-order valence-electron chi connectivity index (χ4n) is 6.97. The van der Waals surface area contributed by atoms with Crippen molar-refractivity contribution in [2.75, 3.05) is 52.5 Å². The van der Waals surface area contributed by atoms with E-state index in [0.717, 1.165) is 26.2 Å². The Morgan fingerprint density at radius 3 is 2.10 bits per heavy atom. The minimum atomic E-state index is -3.90. The number of benzene rings is 3. The van der Waals surface area contributed by atoms with Crippen LogP contribution in [0.15, 0.2) is 107 Å². The zero-order chi connectivity index (χ0) is 35.5. The Balaban J connectivity index is 0.00000504. The molecule has 13 heteroatoms. The van der Waals surface area contributed by atoms with Crippen molar-refractivity contribution in [3.63, 3.8) is 0 Å². The fraction of sp³-hybridized carbons (Fsp3) is 0.395. The third-order valence-corrected chi connectivity index (χ3v) is 11.7. The van der Waals surface area contributed by atoms with E-state index in [0.29, 0.717) is 23.5 Å². The lowest BCUT2D eigenvalue weighted by atomic mass is 9.86. The van der Waals surface area contributed by atoms with Gasteiger partial charge in [0, 0.05) is 61.7 Å². The highest BCUT2D eigenvalue weighted by Crippen LogP contribution is 2.66. The number of rotatable bonds is 10. The molecule has 3 aromatic carbocycles. The van der Waals surface area contributed by atoms with Gasteiger partial charge in [0.25, 0.3) is 5.69 Å². The summed E-state index contributed by atoms with van der Waals surface area (Å²) in [5.41, 5.74) is 3.68. The third kappa shape index (κ3) is 8.63. The number of halogens is 1. The van der Waals surface area contributed by atoms with Gasteiger partial charge in [-0.3, -0.25) is 24.5 Å².